The third-order valence-electron chi connectivity index (χ3n) is 5.66. The van der Waals surface area contributed by atoms with Crippen LogP contribution in [0.3, 0.4) is 0 Å². The molecular formula is C21H31N3O3. The van der Waals surface area contributed by atoms with Gasteiger partial charge in [0.2, 0.25) is 11.8 Å². The molecule has 0 radical (unpaired) electrons. The fourth-order valence-electron chi connectivity index (χ4n) is 4.19. The standard InChI is InChI=1S/C21H31N3O3/c1-16(25)22-20-14-24(21(26)15-23-11-5-3-4-6-12-23)13-19(20)17-7-9-18(27-2)10-8-17/h7-10,19-20H,3-6,11-15H2,1-2H3,(H,22,25)/t19-,20+/m0/s1. The average molecular weight is 373 g/mol. The van der Waals surface area contributed by atoms with Crippen molar-refractivity contribution in [2.24, 2.45) is 0 Å². The molecule has 0 aliphatic carbocycles. The number of amides is 2. The van der Waals surface area contributed by atoms with E-state index in [1.54, 1.807) is 7.11 Å². The van der Waals surface area contributed by atoms with Crippen molar-refractivity contribution in [1.29, 1.82) is 0 Å². The van der Waals surface area contributed by atoms with Crippen molar-refractivity contribution in [2.45, 2.75) is 44.6 Å². The van der Waals surface area contributed by atoms with E-state index in [9.17, 15) is 9.59 Å². The SMILES string of the molecule is COc1ccc([C@@H]2CN(C(=O)CN3CCCCCC3)C[C@H]2NC(C)=O)cc1. The number of rotatable bonds is 5. The molecule has 0 aromatic heterocycles. The van der Waals surface area contributed by atoms with Crippen molar-refractivity contribution in [2.75, 3.05) is 39.8 Å². The van der Waals surface area contributed by atoms with Gasteiger partial charge in [0.05, 0.1) is 19.7 Å². The summed E-state index contributed by atoms with van der Waals surface area (Å²) < 4.78 is 5.24. The van der Waals surface area contributed by atoms with Gasteiger partial charge in [-0.1, -0.05) is 25.0 Å². The van der Waals surface area contributed by atoms with E-state index in [0.717, 1.165) is 24.4 Å². The van der Waals surface area contributed by atoms with Crippen LogP contribution >= 0.6 is 0 Å². The molecule has 6 nitrogen and oxygen atoms in total. The molecule has 3 rings (SSSR count). The predicted molar refractivity (Wildman–Crippen MR) is 105 cm³/mol. The first-order valence-electron chi connectivity index (χ1n) is 9.98. The highest BCUT2D eigenvalue weighted by Gasteiger charge is 2.37. The number of carbonyl (C=O) groups excluding carboxylic acids is 2. The minimum Gasteiger partial charge on any atom is -0.497 e. The quantitative estimate of drug-likeness (QED) is 0.858. The lowest BCUT2D eigenvalue weighted by atomic mass is 9.94. The van der Waals surface area contributed by atoms with E-state index in [0.29, 0.717) is 19.6 Å². The maximum absolute atomic E-state index is 12.9. The van der Waals surface area contributed by atoms with E-state index >= 15 is 0 Å². The summed E-state index contributed by atoms with van der Waals surface area (Å²) in [6.45, 7) is 5.26. The van der Waals surface area contributed by atoms with Crippen molar-refractivity contribution in [3.05, 3.63) is 29.8 Å². The molecule has 2 aliphatic heterocycles. The van der Waals surface area contributed by atoms with E-state index in [1.807, 2.05) is 29.2 Å². The summed E-state index contributed by atoms with van der Waals surface area (Å²) in [5.41, 5.74) is 1.12. The summed E-state index contributed by atoms with van der Waals surface area (Å²) >= 11 is 0. The van der Waals surface area contributed by atoms with Crippen LogP contribution in [0.4, 0.5) is 0 Å². The van der Waals surface area contributed by atoms with Gasteiger partial charge in [-0.25, -0.2) is 0 Å². The second-order valence-corrected chi connectivity index (χ2v) is 7.68. The molecule has 0 saturated carbocycles. The minimum absolute atomic E-state index is 0.0519. The predicted octanol–water partition coefficient (Wildman–Crippen LogP) is 2.00. The van der Waals surface area contributed by atoms with E-state index in [4.69, 9.17) is 4.74 Å². The summed E-state index contributed by atoms with van der Waals surface area (Å²) in [6, 6.07) is 7.87. The number of hydrogen-bond donors (Lipinski definition) is 1. The van der Waals surface area contributed by atoms with Crippen LogP contribution in [0.5, 0.6) is 5.75 Å². The second kappa shape index (κ2) is 9.22. The molecule has 1 N–H and O–H groups in total. The van der Waals surface area contributed by atoms with E-state index in [1.165, 1.54) is 32.6 Å². The first-order valence-corrected chi connectivity index (χ1v) is 9.98. The van der Waals surface area contributed by atoms with E-state index in [2.05, 4.69) is 10.2 Å². The maximum atomic E-state index is 12.9. The van der Waals surface area contributed by atoms with E-state index < -0.39 is 0 Å². The first-order chi connectivity index (χ1) is 13.1. The van der Waals surface area contributed by atoms with Crippen LogP contribution in [0.25, 0.3) is 0 Å². The van der Waals surface area contributed by atoms with Gasteiger partial charge in [-0.3, -0.25) is 14.5 Å². The van der Waals surface area contributed by atoms with Crippen LogP contribution in [0.1, 0.15) is 44.1 Å². The molecule has 2 heterocycles. The monoisotopic (exact) mass is 373 g/mol. The Morgan fingerprint density at radius 3 is 2.33 bits per heavy atom. The molecule has 2 saturated heterocycles. The number of likely N-dealkylation sites (tertiary alicyclic amines) is 2. The normalized spacial score (nSPS) is 23.7. The molecule has 1 aromatic rings. The zero-order chi connectivity index (χ0) is 19.2. The Balaban J connectivity index is 1.67. The van der Waals surface area contributed by atoms with Crippen molar-refractivity contribution >= 4 is 11.8 Å². The Morgan fingerprint density at radius 2 is 1.74 bits per heavy atom. The lowest BCUT2D eigenvalue weighted by molar-refractivity contribution is -0.131. The molecule has 2 amide bonds. The third-order valence-corrected chi connectivity index (χ3v) is 5.66. The van der Waals surface area contributed by atoms with Crippen LogP contribution in [0.2, 0.25) is 0 Å². The summed E-state index contributed by atoms with van der Waals surface area (Å²) in [5.74, 6) is 1.03. The Labute approximate surface area is 161 Å². The molecule has 0 bridgehead atoms. The number of ether oxygens (including phenoxy) is 1. The molecule has 148 valence electrons. The van der Waals surface area contributed by atoms with Crippen molar-refractivity contribution in [3.63, 3.8) is 0 Å². The molecule has 6 heteroatoms. The topological polar surface area (TPSA) is 61.9 Å². The number of hydrogen-bond acceptors (Lipinski definition) is 4. The van der Waals surface area contributed by atoms with Crippen LogP contribution < -0.4 is 10.1 Å². The highest BCUT2D eigenvalue weighted by atomic mass is 16.5. The van der Waals surface area contributed by atoms with Gasteiger partial charge < -0.3 is 15.0 Å². The first kappa shape index (κ1) is 19.7. The number of methoxy groups -OCH3 is 1. The van der Waals surface area contributed by atoms with E-state index in [-0.39, 0.29) is 23.8 Å². The van der Waals surface area contributed by atoms with Crippen LogP contribution in [0.15, 0.2) is 24.3 Å². The Bertz CT molecular complexity index is 639. The Kier molecular flexibility index (Phi) is 6.72. The number of benzene rings is 1. The zero-order valence-corrected chi connectivity index (χ0v) is 16.4. The smallest absolute Gasteiger partial charge is 0.236 e. The highest BCUT2D eigenvalue weighted by Crippen LogP contribution is 2.29. The summed E-state index contributed by atoms with van der Waals surface area (Å²) in [4.78, 5) is 28.8. The fraction of sp³-hybridized carbons (Fsp3) is 0.619. The Hall–Kier alpha value is -2.08. The molecule has 0 unspecified atom stereocenters. The maximum Gasteiger partial charge on any atom is 0.236 e. The van der Waals surface area contributed by atoms with Crippen molar-refractivity contribution in [1.82, 2.24) is 15.1 Å². The number of carbonyl (C=O) groups is 2. The minimum atomic E-state index is -0.0553. The molecule has 2 fully saturated rings. The molecular weight excluding hydrogens is 342 g/mol. The van der Waals surface area contributed by atoms with Crippen LogP contribution in [-0.4, -0.2) is 67.5 Å². The third kappa shape index (κ3) is 5.22. The number of nitrogens with one attached hydrogen (secondary N) is 1. The molecule has 27 heavy (non-hydrogen) atoms. The van der Waals surface area contributed by atoms with Gasteiger partial charge in [0.1, 0.15) is 5.75 Å². The van der Waals surface area contributed by atoms with Gasteiger partial charge in [-0.15, -0.1) is 0 Å². The fourth-order valence-corrected chi connectivity index (χ4v) is 4.19. The average Bonchev–Trinajstić information content (AvgIpc) is 2.89. The van der Waals surface area contributed by atoms with Gasteiger partial charge in [0, 0.05) is 25.9 Å². The number of nitrogens with zero attached hydrogens (tertiary/aromatic N) is 2. The van der Waals surface area contributed by atoms with Gasteiger partial charge in [-0.2, -0.15) is 0 Å². The van der Waals surface area contributed by atoms with Gasteiger partial charge >= 0.3 is 0 Å². The zero-order valence-electron chi connectivity index (χ0n) is 16.4. The van der Waals surface area contributed by atoms with Crippen LogP contribution in [-0.2, 0) is 9.59 Å². The van der Waals surface area contributed by atoms with Gasteiger partial charge in [0.25, 0.3) is 0 Å². The summed E-state index contributed by atoms with van der Waals surface area (Å²) in [6.07, 6.45) is 4.88. The molecule has 2 atom stereocenters. The van der Waals surface area contributed by atoms with Gasteiger partial charge in [-0.05, 0) is 43.6 Å². The highest BCUT2D eigenvalue weighted by molar-refractivity contribution is 5.79. The Morgan fingerprint density at radius 1 is 1.07 bits per heavy atom. The summed E-state index contributed by atoms with van der Waals surface area (Å²) in [7, 11) is 1.65. The summed E-state index contributed by atoms with van der Waals surface area (Å²) in [5, 5.41) is 3.04. The molecule has 0 spiro atoms. The van der Waals surface area contributed by atoms with Crippen molar-refractivity contribution in [3.8, 4) is 5.75 Å². The molecule has 2 aliphatic rings. The van der Waals surface area contributed by atoms with Crippen LogP contribution in [0, 0.1) is 0 Å². The lowest BCUT2D eigenvalue weighted by Gasteiger charge is -2.23. The second-order valence-electron chi connectivity index (χ2n) is 7.68. The lowest BCUT2D eigenvalue weighted by Crippen LogP contribution is -2.42. The van der Waals surface area contributed by atoms with Gasteiger partial charge in [0.15, 0.2) is 0 Å². The van der Waals surface area contributed by atoms with Crippen molar-refractivity contribution < 1.29 is 14.3 Å². The largest absolute Gasteiger partial charge is 0.497 e. The molecule has 1 aromatic carbocycles.